The second-order valence-corrected chi connectivity index (χ2v) is 3.42. The van der Waals surface area contributed by atoms with Crippen molar-refractivity contribution in [2.45, 2.75) is 0 Å². The molecule has 11 nitrogen and oxygen atoms in total. The summed E-state index contributed by atoms with van der Waals surface area (Å²) in [7, 11) is -11.4. The van der Waals surface area contributed by atoms with Crippen LogP contribution in [0.1, 0.15) is 0 Å². The van der Waals surface area contributed by atoms with Crippen molar-refractivity contribution < 1.29 is 76.6 Å². The fourth-order valence-corrected chi connectivity index (χ4v) is 1.10. The number of rotatable bonds is 2. The Balaban J connectivity index is -0.0000000320. The van der Waals surface area contributed by atoms with Crippen molar-refractivity contribution in [2.24, 2.45) is 0 Å². The number of hydrogen-bond acceptors (Lipinski definition) is 11. The first-order valence-electron chi connectivity index (χ1n) is 1.46. The van der Waals surface area contributed by atoms with Crippen molar-refractivity contribution in [3.63, 3.8) is 0 Å². The summed E-state index contributed by atoms with van der Waals surface area (Å²) in [5.74, 6) is 0. The standard InChI is InChI=1S/H4O7P2.4H2O.Ti/c1-8(2,3)7-9(4,5)6;;;;;/h(H2,1,2,3)(H2,4,5,6);4*1H2;/p-8. The SMILES string of the molecule is O=P([O-])([O-])OP(=O)([O-])[O-].[OH-].[OH-].[OH-].[OH-].[Ti]. The minimum absolute atomic E-state index is 0. The molecule has 0 atom stereocenters. The summed E-state index contributed by atoms with van der Waals surface area (Å²) >= 11 is 0. The molecule has 0 aromatic rings. The van der Waals surface area contributed by atoms with Gasteiger partial charge < -0.3 is 54.9 Å². The Kier molecular flexibility index (Phi) is 30.9. The van der Waals surface area contributed by atoms with Crippen molar-refractivity contribution >= 4 is 15.6 Å². The predicted molar refractivity (Wildman–Crippen MR) is 24.0 cm³/mol. The Hall–Kier alpha value is 0.814. The third kappa shape index (κ3) is 38.5. The van der Waals surface area contributed by atoms with Gasteiger partial charge in [0, 0.05) is 21.7 Å². The summed E-state index contributed by atoms with van der Waals surface area (Å²) in [5.41, 5.74) is 0. The van der Waals surface area contributed by atoms with Crippen LogP contribution < -0.4 is 19.6 Å². The zero-order chi connectivity index (χ0) is 7.71. The zero-order valence-electron chi connectivity index (χ0n) is 6.04. The van der Waals surface area contributed by atoms with Crippen LogP contribution in [-0.4, -0.2) is 21.9 Å². The second-order valence-electron chi connectivity index (χ2n) is 0.976. The normalized spacial score (nSPS) is 8.86. The second kappa shape index (κ2) is 11.9. The minimum atomic E-state index is -5.68. The van der Waals surface area contributed by atoms with Crippen LogP contribution in [0.3, 0.4) is 0 Å². The molecule has 92 valence electrons. The van der Waals surface area contributed by atoms with E-state index >= 15 is 0 Å². The van der Waals surface area contributed by atoms with Crippen LogP contribution in [0.25, 0.3) is 0 Å². The van der Waals surface area contributed by atoms with Gasteiger partial charge in [0.1, 0.15) is 0 Å². The summed E-state index contributed by atoms with van der Waals surface area (Å²) < 4.78 is 21.2. The third-order valence-corrected chi connectivity index (χ3v) is 1.80. The molecular weight excluding hydrogens is 286 g/mol. The monoisotopic (exact) mass is 290 g/mol. The summed E-state index contributed by atoms with van der Waals surface area (Å²) in [5, 5.41) is 0. The molecule has 0 spiro atoms. The van der Waals surface area contributed by atoms with Crippen molar-refractivity contribution in [3.05, 3.63) is 0 Å². The van der Waals surface area contributed by atoms with Crippen LogP contribution in [0.5, 0.6) is 0 Å². The maximum Gasteiger partial charge on any atom is 0.0655 e. The number of phosphoric acid groups is 2. The molecule has 0 aromatic carbocycles. The van der Waals surface area contributed by atoms with E-state index in [1.165, 1.54) is 0 Å². The largest absolute Gasteiger partial charge is 0.870 e. The fraction of sp³-hybridized carbons (Fsp3) is 0. The van der Waals surface area contributed by atoms with Crippen LogP contribution in [-0.2, 0) is 35.2 Å². The maximum atomic E-state index is 9.32. The minimum Gasteiger partial charge on any atom is -0.870 e. The Bertz CT molecular complexity index is 154. The van der Waals surface area contributed by atoms with Crippen LogP contribution in [0.4, 0.5) is 0 Å². The van der Waals surface area contributed by atoms with Crippen molar-refractivity contribution in [2.75, 3.05) is 0 Å². The van der Waals surface area contributed by atoms with Gasteiger partial charge in [-0.1, -0.05) is 0 Å². The Morgan fingerprint density at radius 3 is 0.857 bits per heavy atom. The van der Waals surface area contributed by atoms with Crippen molar-refractivity contribution in [3.8, 4) is 0 Å². The average molecular weight is 290 g/mol. The van der Waals surface area contributed by atoms with E-state index in [2.05, 4.69) is 4.31 Å². The zero-order valence-corrected chi connectivity index (χ0v) is 9.39. The molecule has 0 aliphatic rings. The van der Waals surface area contributed by atoms with Gasteiger partial charge in [-0.3, -0.25) is 0 Å². The quantitative estimate of drug-likeness (QED) is 0.348. The Morgan fingerprint density at radius 2 is 0.857 bits per heavy atom. The van der Waals surface area contributed by atoms with E-state index in [9.17, 15) is 28.7 Å². The molecule has 14 heteroatoms. The molecule has 0 saturated carbocycles. The summed E-state index contributed by atoms with van der Waals surface area (Å²) in [6.07, 6.45) is 0. The predicted octanol–water partition coefficient (Wildman–Crippen LogP) is -4.05. The van der Waals surface area contributed by atoms with Gasteiger partial charge in [0.25, 0.3) is 0 Å². The van der Waals surface area contributed by atoms with Crippen LogP contribution >= 0.6 is 15.6 Å². The van der Waals surface area contributed by atoms with E-state index in [4.69, 9.17) is 0 Å². The average Bonchev–Trinajstić information content (AvgIpc) is 1.14. The van der Waals surface area contributed by atoms with E-state index in [1.807, 2.05) is 0 Å². The summed E-state index contributed by atoms with van der Waals surface area (Å²) in [6, 6.07) is 0. The van der Waals surface area contributed by atoms with E-state index < -0.39 is 15.6 Å². The molecule has 14 heavy (non-hydrogen) atoms. The Labute approximate surface area is 92.7 Å². The van der Waals surface area contributed by atoms with Crippen LogP contribution in [0.15, 0.2) is 0 Å². The smallest absolute Gasteiger partial charge is 0.0655 e. The molecular formula is H4O11P2Ti-8. The topological polar surface area (TPSA) is 256 Å². The molecule has 0 heterocycles. The van der Waals surface area contributed by atoms with Crippen LogP contribution in [0.2, 0.25) is 0 Å². The first kappa shape index (κ1) is 36.4. The molecule has 0 unspecified atom stereocenters. The van der Waals surface area contributed by atoms with Gasteiger partial charge in [-0.05, 0) is 0 Å². The van der Waals surface area contributed by atoms with E-state index in [1.54, 1.807) is 0 Å². The molecule has 0 bridgehead atoms. The van der Waals surface area contributed by atoms with Gasteiger partial charge in [-0.2, -0.15) is 0 Å². The molecule has 0 aliphatic heterocycles. The van der Waals surface area contributed by atoms with Crippen LogP contribution in [0, 0.1) is 0 Å². The van der Waals surface area contributed by atoms with E-state index in [0.717, 1.165) is 0 Å². The molecule has 4 N–H and O–H groups in total. The molecule has 0 amide bonds. The Morgan fingerprint density at radius 1 is 0.714 bits per heavy atom. The molecule has 0 radical (unpaired) electrons. The molecule has 0 aromatic heterocycles. The fourth-order valence-electron chi connectivity index (χ4n) is 0.122. The van der Waals surface area contributed by atoms with Crippen molar-refractivity contribution in [1.29, 1.82) is 0 Å². The number of hydrogen-bond donors (Lipinski definition) is 0. The van der Waals surface area contributed by atoms with Gasteiger partial charge >= 0.3 is 0 Å². The van der Waals surface area contributed by atoms with Gasteiger partial charge in [0.05, 0.1) is 15.6 Å². The van der Waals surface area contributed by atoms with Crippen molar-refractivity contribution in [1.82, 2.24) is 0 Å². The van der Waals surface area contributed by atoms with E-state index in [0.29, 0.717) is 0 Å². The van der Waals surface area contributed by atoms with Gasteiger partial charge in [-0.15, -0.1) is 0 Å². The first-order valence-corrected chi connectivity index (χ1v) is 4.38. The maximum absolute atomic E-state index is 9.32. The molecule has 0 rings (SSSR count). The van der Waals surface area contributed by atoms with Gasteiger partial charge in [0.2, 0.25) is 0 Å². The van der Waals surface area contributed by atoms with E-state index in [-0.39, 0.29) is 43.6 Å². The molecule has 0 saturated heterocycles. The molecule has 0 aliphatic carbocycles. The third-order valence-electron chi connectivity index (χ3n) is 0.200. The van der Waals surface area contributed by atoms with Gasteiger partial charge in [-0.25, -0.2) is 0 Å². The molecule has 0 fully saturated rings. The summed E-state index contributed by atoms with van der Waals surface area (Å²) in [6.45, 7) is 0. The summed E-state index contributed by atoms with van der Waals surface area (Å²) in [4.78, 5) is 37.3. The van der Waals surface area contributed by atoms with Gasteiger partial charge in [0.15, 0.2) is 0 Å². The first-order chi connectivity index (χ1) is 3.71.